The first kappa shape index (κ1) is 27.4. The number of carbonyl (C=O) groups excluding carboxylic acids is 2. The van der Waals surface area contributed by atoms with Gasteiger partial charge < -0.3 is 25.3 Å². The van der Waals surface area contributed by atoms with Gasteiger partial charge in [0.25, 0.3) is 5.91 Å². The summed E-state index contributed by atoms with van der Waals surface area (Å²) in [4.78, 5) is 29.8. The maximum Gasteiger partial charge on any atom is 0.324 e. The zero-order chi connectivity index (χ0) is 27.1. The number of rotatable bonds is 12. The van der Waals surface area contributed by atoms with Crippen LogP contribution < -0.4 is 20.5 Å². The van der Waals surface area contributed by atoms with Gasteiger partial charge in [0, 0.05) is 29.6 Å². The van der Waals surface area contributed by atoms with E-state index in [0.29, 0.717) is 46.2 Å². The molecule has 1 heterocycles. The minimum Gasteiger partial charge on any atom is -0.494 e. The molecule has 4 rings (SSSR count). The molecule has 1 fully saturated rings. The first-order valence-electron chi connectivity index (χ1n) is 12.2. The number of nitrogens with two attached hydrogens (primary N) is 1. The second-order valence-corrected chi connectivity index (χ2v) is 9.39. The molecule has 0 radical (unpaired) electrons. The van der Waals surface area contributed by atoms with E-state index in [1.165, 1.54) is 19.2 Å². The van der Waals surface area contributed by atoms with Crippen molar-refractivity contribution in [2.45, 2.75) is 32.0 Å². The molecule has 1 atom stereocenters. The molecule has 3 aromatic rings. The summed E-state index contributed by atoms with van der Waals surface area (Å²) in [6, 6.07) is 12.5. The van der Waals surface area contributed by atoms with Crippen LogP contribution in [0.15, 0.2) is 54.7 Å². The van der Waals surface area contributed by atoms with Gasteiger partial charge in [0.05, 0.1) is 25.0 Å². The third-order valence-corrected chi connectivity index (χ3v) is 6.49. The number of thiol groups is 1. The molecule has 1 aliphatic carbocycles. The second-order valence-electron chi connectivity index (χ2n) is 9.02. The molecule has 38 heavy (non-hydrogen) atoms. The highest BCUT2D eigenvalue weighted by atomic mass is 32.1. The summed E-state index contributed by atoms with van der Waals surface area (Å²) in [5.41, 5.74) is 8.46. The molecule has 3 N–H and O–H groups in total. The van der Waals surface area contributed by atoms with E-state index in [0.717, 1.165) is 12.8 Å². The predicted molar refractivity (Wildman–Crippen MR) is 144 cm³/mol. The molecule has 0 aliphatic heterocycles. The number of hydrogen-bond acceptors (Lipinski definition) is 8. The normalized spacial score (nSPS) is 13.5. The van der Waals surface area contributed by atoms with Crippen molar-refractivity contribution in [3.05, 3.63) is 77.2 Å². The van der Waals surface area contributed by atoms with Gasteiger partial charge >= 0.3 is 5.97 Å². The lowest BCUT2D eigenvalue weighted by Crippen LogP contribution is -2.33. The standard InChI is InChI=1S/C28H30FN3O5S/c1-35-25-8-6-18(11-22(25)29)13-32-27(33)21-12-19(7-9-24(21)36-14-17-4-5-17)26-20(3-2-10-31-26)15-37-28(34)23(30)16-38/h2-3,6-12,17,23,38H,4-5,13-16,30H2,1H3,(H,32,33). The van der Waals surface area contributed by atoms with Crippen molar-refractivity contribution in [1.29, 1.82) is 0 Å². The molecule has 1 saturated carbocycles. The number of methoxy groups -OCH3 is 1. The van der Waals surface area contributed by atoms with Gasteiger partial charge in [-0.25, -0.2) is 4.39 Å². The van der Waals surface area contributed by atoms with Crippen molar-refractivity contribution in [2.75, 3.05) is 19.5 Å². The van der Waals surface area contributed by atoms with Crippen molar-refractivity contribution in [3.63, 3.8) is 0 Å². The highest BCUT2D eigenvalue weighted by Crippen LogP contribution is 2.32. The molecule has 1 unspecified atom stereocenters. The number of nitrogens with one attached hydrogen (secondary N) is 1. The summed E-state index contributed by atoms with van der Waals surface area (Å²) in [7, 11) is 1.39. The van der Waals surface area contributed by atoms with E-state index in [4.69, 9.17) is 19.9 Å². The topological polar surface area (TPSA) is 113 Å². The molecule has 0 bridgehead atoms. The molecular weight excluding hydrogens is 509 g/mol. The molecule has 200 valence electrons. The number of halogens is 1. The molecule has 0 spiro atoms. The summed E-state index contributed by atoms with van der Waals surface area (Å²) in [5, 5.41) is 2.84. The number of hydrogen-bond donors (Lipinski definition) is 3. The fourth-order valence-corrected chi connectivity index (χ4v) is 3.86. The Hall–Kier alpha value is -3.63. The van der Waals surface area contributed by atoms with E-state index in [1.54, 1.807) is 36.5 Å². The van der Waals surface area contributed by atoms with E-state index in [2.05, 4.69) is 22.9 Å². The van der Waals surface area contributed by atoms with Gasteiger partial charge in [0.15, 0.2) is 11.6 Å². The third kappa shape index (κ3) is 7.02. The quantitative estimate of drug-likeness (QED) is 0.236. The van der Waals surface area contributed by atoms with Gasteiger partial charge in [-0.3, -0.25) is 14.6 Å². The van der Waals surface area contributed by atoms with Crippen LogP contribution in [0.4, 0.5) is 4.39 Å². The van der Waals surface area contributed by atoms with Crippen LogP contribution in [0, 0.1) is 11.7 Å². The van der Waals surface area contributed by atoms with E-state index >= 15 is 0 Å². The zero-order valence-corrected chi connectivity index (χ0v) is 21.9. The molecule has 1 aromatic heterocycles. The number of nitrogens with zero attached hydrogens (tertiary/aromatic N) is 1. The van der Waals surface area contributed by atoms with Crippen LogP contribution in [0.25, 0.3) is 11.3 Å². The predicted octanol–water partition coefficient (Wildman–Crippen LogP) is 3.92. The lowest BCUT2D eigenvalue weighted by Gasteiger charge is -2.15. The average Bonchev–Trinajstić information content (AvgIpc) is 3.78. The largest absolute Gasteiger partial charge is 0.494 e. The number of ether oxygens (including phenoxy) is 3. The fraction of sp³-hybridized carbons (Fsp3) is 0.321. The molecule has 8 nitrogen and oxygen atoms in total. The third-order valence-electron chi connectivity index (χ3n) is 6.10. The highest BCUT2D eigenvalue weighted by Gasteiger charge is 2.24. The Balaban J connectivity index is 1.56. The Morgan fingerprint density at radius 3 is 2.68 bits per heavy atom. The number of esters is 1. The van der Waals surface area contributed by atoms with Gasteiger partial charge in [-0.2, -0.15) is 12.6 Å². The SMILES string of the molecule is COc1ccc(CNC(=O)c2cc(-c3ncccc3COC(=O)C(N)CS)ccc2OCC2CC2)cc1F. The number of amides is 1. The smallest absolute Gasteiger partial charge is 0.324 e. The van der Waals surface area contributed by atoms with E-state index in [9.17, 15) is 14.0 Å². The number of aromatic nitrogens is 1. The fourth-order valence-electron chi connectivity index (χ4n) is 3.72. The van der Waals surface area contributed by atoms with Crippen LogP contribution >= 0.6 is 12.6 Å². The average molecular weight is 540 g/mol. The molecule has 1 amide bonds. The van der Waals surface area contributed by atoms with Crippen molar-refractivity contribution < 1.29 is 28.2 Å². The van der Waals surface area contributed by atoms with Crippen LogP contribution in [0.5, 0.6) is 11.5 Å². The van der Waals surface area contributed by atoms with Gasteiger partial charge in [-0.1, -0.05) is 12.1 Å². The lowest BCUT2D eigenvalue weighted by molar-refractivity contribution is -0.145. The summed E-state index contributed by atoms with van der Waals surface area (Å²) in [6.07, 6.45) is 3.83. The van der Waals surface area contributed by atoms with Crippen LogP contribution in [-0.4, -0.2) is 42.4 Å². The minimum atomic E-state index is -0.823. The number of pyridine rings is 1. The molecule has 10 heteroatoms. The van der Waals surface area contributed by atoms with E-state index < -0.39 is 17.8 Å². The van der Waals surface area contributed by atoms with Crippen molar-refractivity contribution >= 4 is 24.5 Å². The van der Waals surface area contributed by atoms with Crippen molar-refractivity contribution in [2.24, 2.45) is 11.7 Å². The second kappa shape index (κ2) is 12.7. The Morgan fingerprint density at radius 1 is 1.18 bits per heavy atom. The minimum absolute atomic E-state index is 0.0338. The monoisotopic (exact) mass is 539 g/mol. The first-order chi connectivity index (χ1) is 18.4. The van der Waals surface area contributed by atoms with Crippen molar-refractivity contribution in [1.82, 2.24) is 10.3 Å². The maximum absolute atomic E-state index is 14.1. The summed E-state index contributed by atoms with van der Waals surface area (Å²) >= 11 is 4.03. The Bertz CT molecular complexity index is 1300. The van der Waals surface area contributed by atoms with Gasteiger partial charge in [-0.15, -0.1) is 0 Å². The van der Waals surface area contributed by atoms with Crippen LogP contribution in [0.3, 0.4) is 0 Å². The van der Waals surface area contributed by atoms with Crippen LogP contribution in [-0.2, 0) is 22.7 Å². The number of benzene rings is 2. The van der Waals surface area contributed by atoms with Gasteiger partial charge in [-0.05, 0) is 60.7 Å². The molecule has 2 aromatic carbocycles. The summed E-state index contributed by atoms with van der Waals surface area (Å²) in [6.45, 7) is 0.607. The Labute approximate surface area is 226 Å². The van der Waals surface area contributed by atoms with Crippen LogP contribution in [0.2, 0.25) is 0 Å². The summed E-state index contributed by atoms with van der Waals surface area (Å²) < 4.78 is 30.4. The van der Waals surface area contributed by atoms with Gasteiger partial charge in [0.2, 0.25) is 0 Å². The molecular formula is C28H30FN3O5S. The van der Waals surface area contributed by atoms with Crippen LogP contribution in [0.1, 0.15) is 34.3 Å². The Kier molecular flexibility index (Phi) is 9.19. The van der Waals surface area contributed by atoms with E-state index in [-0.39, 0.29) is 30.6 Å². The zero-order valence-electron chi connectivity index (χ0n) is 21.0. The maximum atomic E-state index is 14.1. The van der Waals surface area contributed by atoms with E-state index in [1.807, 2.05) is 6.07 Å². The van der Waals surface area contributed by atoms with Gasteiger partial charge in [0.1, 0.15) is 18.4 Å². The molecule has 1 aliphatic rings. The molecule has 0 saturated heterocycles. The lowest BCUT2D eigenvalue weighted by atomic mass is 10.0. The number of carbonyl (C=O) groups is 2. The highest BCUT2D eigenvalue weighted by molar-refractivity contribution is 7.80. The first-order valence-corrected chi connectivity index (χ1v) is 12.9. The Morgan fingerprint density at radius 2 is 1.97 bits per heavy atom. The van der Waals surface area contributed by atoms with Crippen molar-refractivity contribution in [3.8, 4) is 22.8 Å². The summed E-state index contributed by atoms with van der Waals surface area (Å²) in [5.74, 6) is -0.202.